The van der Waals surface area contributed by atoms with E-state index < -0.39 is 65.8 Å². The van der Waals surface area contributed by atoms with Gasteiger partial charge in [0.05, 0.1) is 6.42 Å². The lowest BCUT2D eigenvalue weighted by Crippen LogP contribution is -2.61. The van der Waals surface area contributed by atoms with E-state index in [-0.39, 0.29) is 49.5 Å². The van der Waals surface area contributed by atoms with Gasteiger partial charge in [0.25, 0.3) is 5.91 Å². The minimum atomic E-state index is -1.11. The lowest BCUT2D eigenvalue weighted by atomic mass is 9.95. The van der Waals surface area contributed by atoms with E-state index in [9.17, 15) is 28.8 Å². The van der Waals surface area contributed by atoms with Crippen molar-refractivity contribution in [2.45, 2.75) is 104 Å². The van der Waals surface area contributed by atoms with Crippen LogP contribution in [0.1, 0.15) is 73.3 Å². The molecule has 0 spiro atoms. The summed E-state index contributed by atoms with van der Waals surface area (Å²) in [5.74, 6) is -3.75. The van der Waals surface area contributed by atoms with E-state index in [1.165, 1.54) is 14.7 Å². The van der Waals surface area contributed by atoms with Gasteiger partial charge in [0, 0.05) is 33.6 Å². The normalized spacial score (nSPS) is 27.5. The summed E-state index contributed by atoms with van der Waals surface area (Å²) in [4.78, 5) is 87.2. The van der Waals surface area contributed by atoms with Crippen LogP contribution < -0.4 is 10.6 Å². The van der Waals surface area contributed by atoms with Crippen molar-refractivity contribution in [3.05, 3.63) is 35.9 Å². The number of fused-ring (bicyclic) bond motifs is 1. The highest BCUT2D eigenvalue weighted by atomic mass is 16.5. The molecule has 2 fully saturated rings. The summed E-state index contributed by atoms with van der Waals surface area (Å²) in [6, 6.07) is 5.50. The van der Waals surface area contributed by atoms with Crippen molar-refractivity contribution in [3.8, 4) is 0 Å². The number of hydrogen-bond acceptors (Lipinski definition) is 7. The molecule has 12 nitrogen and oxygen atoms in total. The molecule has 0 radical (unpaired) electrons. The van der Waals surface area contributed by atoms with Gasteiger partial charge in [-0.05, 0) is 42.1 Å². The van der Waals surface area contributed by atoms with Crippen LogP contribution in [0.15, 0.2) is 30.3 Å². The average Bonchev–Trinajstić information content (AvgIpc) is 3.40. The zero-order valence-corrected chi connectivity index (χ0v) is 30.0. The lowest BCUT2D eigenvalue weighted by molar-refractivity contribution is -0.162. The maximum absolute atomic E-state index is 14.4. The van der Waals surface area contributed by atoms with Crippen molar-refractivity contribution in [1.82, 2.24) is 25.3 Å². The second-order valence-electron chi connectivity index (χ2n) is 14.4. The molecule has 0 bridgehead atoms. The second kappa shape index (κ2) is 16.9. The smallest absolute Gasteiger partial charge is 0.308 e. The molecule has 12 heteroatoms. The summed E-state index contributed by atoms with van der Waals surface area (Å²) in [6.07, 6.45) is -0.312. The zero-order chi connectivity index (χ0) is 35.9. The van der Waals surface area contributed by atoms with Gasteiger partial charge in [0.15, 0.2) is 6.10 Å². The van der Waals surface area contributed by atoms with Crippen LogP contribution in [-0.4, -0.2) is 108 Å². The number of amides is 5. The van der Waals surface area contributed by atoms with Gasteiger partial charge in [0.2, 0.25) is 23.6 Å². The number of carbonyl (C=O) groups excluding carboxylic acids is 6. The highest BCUT2D eigenvalue weighted by molar-refractivity contribution is 5.96. The van der Waals surface area contributed by atoms with E-state index in [1.54, 1.807) is 14.1 Å². The Bertz CT molecular complexity index is 1320. The average molecular weight is 670 g/mol. The summed E-state index contributed by atoms with van der Waals surface area (Å²) in [5.41, 5.74) is 0.806. The number of esters is 1. The summed E-state index contributed by atoms with van der Waals surface area (Å²) < 4.78 is 5.70. The van der Waals surface area contributed by atoms with E-state index in [1.807, 2.05) is 78.8 Å². The molecule has 2 saturated heterocycles. The van der Waals surface area contributed by atoms with Crippen LogP contribution >= 0.6 is 0 Å². The number of rotatable bonds is 6. The summed E-state index contributed by atoms with van der Waals surface area (Å²) in [5, 5.41) is 5.70. The van der Waals surface area contributed by atoms with Crippen LogP contribution in [-0.2, 0) is 39.9 Å². The molecule has 0 aromatic heterocycles. The Morgan fingerprint density at radius 1 is 0.812 bits per heavy atom. The molecule has 1 unspecified atom stereocenters. The van der Waals surface area contributed by atoms with Gasteiger partial charge < -0.3 is 30.1 Å². The van der Waals surface area contributed by atoms with Gasteiger partial charge in [-0.2, -0.15) is 0 Å². The van der Waals surface area contributed by atoms with Gasteiger partial charge in [0.1, 0.15) is 24.2 Å². The number of nitrogens with one attached hydrogen (secondary N) is 2. The van der Waals surface area contributed by atoms with Crippen molar-refractivity contribution >= 4 is 35.5 Å². The Morgan fingerprint density at radius 3 is 2.00 bits per heavy atom. The first-order valence-corrected chi connectivity index (χ1v) is 17.2. The van der Waals surface area contributed by atoms with E-state index in [0.717, 1.165) is 5.56 Å². The third-order valence-corrected chi connectivity index (χ3v) is 9.33. The number of ether oxygens (including phenoxy) is 1. The third-order valence-electron chi connectivity index (χ3n) is 9.33. The fourth-order valence-electron chi connectivity index (χ4n) is 6.88. The van der Waals surface area contributed by atoms with E-state index >= 15 is 0 Å². The Morgan fingerprint density at radius 2 is 1.42 bits per heavy atom. The maximum atomic E-state index is 14.4. The number of benzene rings is 1. The standard InChI is InChI=1S/C36H55N5O7/c1-21(2)19-27-35(46)41-18-16-24(7)31(41)33(44)38-26(20-25-13-11-10-12-14-25)34(45)40(9)30(23(5)6)36(47)39(8)29(22(3)4)32(43)37-17-15-28(42)48-27/h10-14,21-24,26-27,29-31H,15-20H2,1-9H3,(H,37,43)(H,38,44)/t24-,26-,27+,29?,30-,31-/m0/s1. The first-order valence-electron chi connectivity index (χ1n) is 17.2. The Hall–Kier alpha value is -3.96. The highest BCUT2D eigenvalue weighted by Crippen LogP contribution is 2.27. The summed E-state index contributed by atoms with van der Waals surface area (Å²) >= 11 is 0. The fraction of sp³-hybridized carbons (Fsp3) is 0.667. The minimum absolute atomic E-state index is 0.0116. The molecule has 2 aliphatic heterocycles. The zero-order valence-electron chi connectivity index (χ0n) is 30.0. The molecule has 2 aliphatic rings. The SMILES string of the molecule is CC(C)C[C@H]1OC(=O)CCNC(=O)C(C(C)C)N(C)C(=O)[C@H](C(C)C)N(C)C(=O)[C@H](Cc2ccccc2)NC(=O)[C@@H]2[C@@H](C)CCN2C1=O. The first kappa shape index (κ1) is 38.5. The Labute approximate surface area is 285 Å². The topological polar surface area (TPSA) is 145 Å². The largest absolute Gasteiger partial charge is 0.452 e. The van der Waals surface area contributed by atoms with Crippen LogP contribution in [0.3, 0.4) is 0 Å². The first-order chi connectivity index (χ1) is 22.5. The van der Waals surface area contributed by atoms with Gasteiger partial charge in [-0.25, -0.2) is 0 Å². The van der Waals surface area contributed by atoms with Crippen molar-refractivity contribution in [2.24, 2.45) is 23.7 Å². The predicted molar refractivity (Wildman–Crippen MR) is 181 cm³/mol. The van der Waals surface area contributed by atoms with Crippen LogP contribution in [0.2, 0.25) is 0 Å². The summed E-state index contributed by atoms with van der Waals surface area (Å²) in [7, 11) is 3.09. The van der Waals surface area contributed by atoms with Gasteiger partial charge in [-0.3, -0.25) is 28.8 Å². The van der Waals surface area contributed by atoms with Crippen LogP contribution in [0, 0.1) is 23.7 Å². The van der Waals surface area contributed by atoms with E-state index in [4.69, 9.17) is 4.74 Å². The molecule has 48 heavy (non-hydrogen) atoms. The molecule has 2 heterocycles. The molecular weight excluding hydrogens is 614 g/mol. The molecule has 1 aromatic rings. The van der Waals surface area contributed by atoms with Crippen molar-refractivity contribution in [3.63, 3.8) is 0 Å². The molecular formula is C36H55N5O7. The number of likely N-dealkylation sites (N-methyl/N-ethyl adjacent to an activating group) is 2. The third kappa shape index (κ3) is 9.35. The number of cyclic esters (lactones) is 1. The Balaban J connectivity index is 2.11. The molecule has 6 atom stereocenters. The van der Waals surface area contributed by atoms with Gasteiger partial charge in [-0.15, -0.1) is 0 Å². The van der Waals surface area contributed by atoms with Gasteiger partial charge in [-0.1, -0.05) is 78.8 Å². The van der Waals surface area contributed by atoms with Crippen molar-refractivity contribution < 1.29 is 33.5 Å². The molecule has 5 amide bonds. The van der Waals surface area contributed by atoms with E-state index in [2.05, 4.69) is 10.6 Å². The van der Waals surface area contributed by atoms with Gasteiger partial charge >= 0.3 is 5.97 Å². The molecule has 3 rings (SSSR count). The van der Waals surface area contributed by atoms with Crippen molar-refractivity contribution in [1.29, 1.82) is 0 Å². The molecule has 0 saturated carbocycles. The van der Waals surface area contributed by atoms with Crippen LogP contribution in [0.5, 0.6) is 0 Å². The van der Waals surface area contributed by atoms with Crippen molar-refractivity contribution in [2.75, 3.05) is 27.2 Å². The highest BCUT2D eigenvalue weighted by Gasteiger charge is 2.45. The monoisotopic (exact) mass is 669 g/mol. The fourth-order valence-corrected chi connectivity index (χ4v) is 6.88. The molecule has 1 aromatic carbocycles. The number of carbonyl (C=O) groups is 6. The lowest BCUT2D eigenvalue weighted by Gasteiger charge is -2.38. The molecule has 2 N–H and O–H groups in total. The Kier molecular flexibility index (Phi) is 13.6. The number of nitrogens with zero attached hydrogens (tertiary/aromatic N) is 3. The van der Waals surface area contributed by atoms with E-state index in [0.29, 0.717) is 13.0 Å². The molecule has 0 aliphatic carbocycles. The second-order valence-corrected chi connectivity index (χ2v) is 14.4. The quantitative estimate of drug-likeness (QED) is 0.443. The van der Waals surface area contributed by atoms with Crippen LogP contribution in [0.25, 0.3) is 0 Å². The maximum Gasteiger partial charge on any atom is 0.308 e. The minimum Gasteiger partial charge on any atom is -0.452 e. The predicted octanol–water partition coefficient (Wildman–Crippen LogP) is 2.39. The number of hydrogen-bond donors (Lipinski definition) is 2. The van der Waals surface area contributed by atoms with Crippen LogP contribution in [0.4, 0.5) is 0 Å². The summed E-state index contributed by atoms with van der Waals surface area (Å²) in [6.45, 7) is 13.2. The molecule has 266 valence electrons.